The molecule has 36 heavy (non-hydrogen) atoms. The van der Waals surface area contributed by atoms with Crippen LogP contribution in [-0.4, -0.2) is 55.1 Å². The van der Waals surface area contributed by atoms with Crippen molar-refractivity contribution in [1.82, 2.24) is 29.9 Å². The third-order valence-corrected chi connectivity index (χ3v) is 5.97. The number of carbonyl (C=O) groups is 1. The van der Waals surface area contributed by atoms with Gasteiger partial charge in [-0.25, -0.2) is 18.2 Å². The van der Waals surface area contributed by atoms with Crippen molar-refractivity contribution < 1.29 is 27.1 Å². The maximum Gasteiger partial charge on any atom is 0.304 e. The fourth-order valence-electron chi connectivity index (χ4n) is 4.01. The molecule has 0 aliphatic heterocycles. The Labute approximate surface area is 201 Å². The molecule has 1 aromatic carbocycles. The van der Waals surface area contributed by atoms with E-state index in [-0.39, 0.29) is 23.8 Å². The number of halogens is 4. The zero-order valence-corrected chi connectivity index (χ0v) is 19.0. The van der Waals surface area contributed by atoms with Gasteiger partial charge >= 0.3 is 6.43 Å². The molecule has 0 spiro atoms. The number of benzene rings is 1. The predicted molar refractivity (Wildman–Crippen MR) is 121 cm³/mol. The third kappa shape index (κ3) is 4.60. The van der Waals surface area contributed by atoms with Gasteiger partial charge in [0.25, 0.3) is 12.3 Å². The normalized spacial score (nSPS) is 14.5. The van der Waals surface area contributed by atoms with E-state index in [1.807, 2.05) is 0 Å². The number of anilines is 1. The molecule has 1 atom stereocenters. The minimum Gasteiger partial charge on any atom is -0.436 e. The lowest BCUT2D eigenvalue weighted by atomic mass is 10.1. The van der Waals surface area contributed by atoms with Crippen LogP contribution in [0.15, 0.2) is 30.5 Å². The van der Waals surface area contributed by atoms with Crippen molar-refractivity contribution in [2.45, 2.75) is 32.2 Å². The van der Waals surface area contributed by atoms with E-state index in [1.54, 1.807) is 17.9 Å². The number of ether oxygens (including phenoxy) is 1. The zero-order valence-electron chi connectivity index (χ0n) is 19.0. The molecule has 2 N–H and O–H groups in total. The number of fused-ring (bicyclic) bond motifs is 3. The molecular weight excluding hydrogens is 482 g/mol. The fraction of sp³-hybridized carbons (Fsp3) is 0.348. The number of aryl methyl sites for hydroxylation is 1. The zero-order chi connectivity index (χ0) is 25.6. The van der Waals surface area contributed by atoms with E-state index in [9.17, 15) is 18.0 Å². The molecule has 9 nitrogen and oxygen atoms in total. The highest BCUT2D eigenvalue weighted by molar-refractivity contribution is 6.10. The van der Waals surface area contributed by atoms with Gasteiger partial charge in [-0.05, 0) is 30.9 Å². The molecule has 1 fully saturated rings. The first kappa shape index (κ1) is 23.7. The van der Waals surface area contributed by atoms with Gasteiger partial charge in [0.05, 0.1) is 29.5 Å². The number of nitrogens with zero attached hydrogens (tertiary/aromatic N) is 6. The summed E-state index contributed by atoms with van der Waals surface area (Å²) in [5, 5.41) is 12.8. The summed E-state index contributed by atoms with van der Waals surface area (Å²) in [4.78, 5) is 19.2. The largest absolute Gasteiger partial charge is 0.436 e. The van der Waals surface area contributed by atoms with E-state index in [2.05, 4.69) is 25.0 Å². The van der Waals surface area contributed by atoms with E-state index in [0.29, 0.717) is 34.0 Å². The molecule has 3 aromatic heterocycles. The molecule has 5 rings (SSSR count). The second-order valence-corrected chi connectivity index (χ2v) is 8.67. The van der Waals surface area contributed by atoms with Gasteiger partial charge in [0.15, 0.2) is 0 Å². The number of nitrogens with two attached hydrogens (primary N) is 1. The summed E-state index contributed by atoms with van der Waals surface area (Å²) < 4.78 is 58.8. The first-order chi connectivity index (χ1) is 17.2. The number of amides is 1. The number of nitrogen functional groups attached to an aromatic ring is 1. The topological polar surface area (TPSA) is 112 Å². The van der Waals surface area contributed by atoms with Gasteiger partial charge in [0.1, 0.15) is 17.2 Å². The molecule has 13 heteroatoms. The van der Waals surface area contributed by atoms with Crippen LogP contribution < -0.4 is 10.5 Å². The number of pyridine rings is 1. The smallest absolute Gasteiger partial charge is 0.304 e. The van der Waals surface area contributed by atoms with Crippen LogP contribution in [0.25, 0.3) is 21.8 Å². The van der Waals surface area contributed by atoms with Crippen molar-refractivity contribution in [1.29, 1.82) is 0 Å². The minimum atomic E-state index is -3.32. The highest BCUT2D eigenvalue weighted by Crippen LogP contribution is 2.33. The van der Waals surface area contributed by atoms with Crippen LogP contribution in [0.4, 0.5) is 23.4 Å². The van der Waals surface area contributed by atoms with Gasteiger partial charge in [0, 0.05) is 36.5 Å². The molecule has 1 amide bonds. The SMILES string of the molecule is Cn1ncc2c3cc(C(=O)N(Cc4ccc(OC(F)C(F)F)nn4)CC4CC4)c(F)cc3nc(N)c21. The number of alkyl halides is 3. The summed E-state index contributed by atoms with van der Waals surface area (Å²) in [6.07, 6.45) is -2.69. The standard InChI is InChI=1S/C23H21F4N7O2/c1-33-19-15(8-29-33)13-6-14(16(24)7-17(13)30-22(19)28)23(35)34(9-11-2-3-11)10-12-4-5-18(32-31-12)36-21(27)20(25)26/h4-8,11,20-21H,2-3,9-10H2,1H3,(H2,28,30). The average molecular weight is 503 g/mol. The van der Waals surface area contributed by atoms with E-state index >= 15 is 4.39 Å². The van der Waals surface area contributed by atoms with E-state index < -0.39 is 30.4 Å². The Morgan fingerprint density at radius 1 is 1.22 bits per heavy atom. The van der Waals surface area contributed by atoms with Gasteiger partial charge in [-0.2, -0.15) is 14.6 Å². The predicted octanol–water partition coefficient (Wildman–Crippen LogP) is 3.62. The summed E-state index contributed by atoms with van der Waals surface area (Å²) in [6, 6.07) is 5.18. The second kappa shape index (κ2) is 9.21. The van der Waals surface area contributed by atoms with Crippen molar-refractivity contribution in [3.8, 4) is 5.88 Å². The molecule has 3 heterocycles. The monoisotopic (exact) mass is 503 g/mol. The van der Waals surface area contributed by atoms with Crippen LogP contribution in [0.1, 0.15) is 28.9 Å². The van der Waals surface area contributed by atoms with Crippen LogP contribution in [0.2, 0.25) is 0 Å². The van der Waals surface area contributed by atoms with Gasteiger partial charge in [0.2, 0.25) is 5.88 Å². The maximum absolute atomic E-state index is 15.1. The van der Waals surface area contributed by atoms with Crippen molar-refractivity contribution in [3.05, 3.63) is 47.5 Å². The summed E-state index contributed by atoms with van der Waals surface area (Å²) >= 11 is 0. The number of rotatable bonds is 8. The van der Waals surface area contributed by atoms with E-state index in [1.165, 1.54) is 29.2 Å². The lowest BCUT2D eigenvalue weighted by Crippen LogP contribution is -2.33. The van der Waals surface area contributed by atoms with Gasteiger partial charge in [-0.15, -0.1) is 5.10 Å². The van der Waals surface area contributed by atoms with E-state index in [0.717, 1.165) is 12.8 Å². The first-order valence-electron chi connectivity index (χ1n) is 11.1. The molecule has 1 unspecified atom stereocenters. The molecule has 0 saturated heterocycles. The van der Waals surface area contributed by atoms with Gasteiger partial charge in [-0.3, -0.25) is 9.48 Å². The highest BCUT2D eigenvalue weighted by Gasteiger charge is 2.29. The minimum absolute atomic E-state index is 0.0176. The Bertz CT molecular complexity index is 1440. The summed E-state index contributed by atoms with van der Waals surface area (Å²) in [6.45, 7) is 0.354. The van der Waals surface area contributed by atoms with Crippen molar-refractivity contribution in [3.63, 3.8) is 0 Å². The third-order valence-electron chi connectivity index (χ3n) is 5.97. The number of carbonyl (C=O) groups excluding carboxylic acids is 1. The molecule has 0 radical (unpaired) electrons. The van der Waals surface area contributed by atoms with Crippen LogP contribution >= 0.6 is 0 Å². The molecular formula is C23H21F4N7O2. The fourth-order valence-corrected chi connectivity index (χ4v) is 4.01. The highest BCUT2D eigenvalue weighted by atomic mass is 19.3. The molecule has 1 saturated carbocycles. The molecule has 1 aliphatic carbocycles. The maximum atomic E-state index is 15.1. The van der Waals surface area contributed by atoms with Crippen LogP contribution in [-0.2, 0) is 13.6 Å². The lowest BCUT2D eigenvalue weighted by molar-refractivity contribution is -0.0694. The van der Waals surface area contributed by atoms with Crippen LogP contribution in [0.3, 0.4) is 0 Å². The molecule has 1 aliphatic rings. The average Bonchev–Trinajstić information content (AvgIpc) is 3.57. The Morgan fingerprint density at radius 2 is 2.00 bits per heavy atom. The van der Waals surface area contributed by atoms with Gasteiger partial charge in [-0.1, -0.05) is 0 Å². The molecule has 0 bridgehead atoms. The van der Waals surface area contributed by atoms with Crippen molar-refractivity contribution in [2.24, 2.45) is 13.0 Å². The first-order valence-corrected chi connectivity index (χ1v) is 11.1. The molecule has 188 valence electrons. The number of aromatic nitrogens is 5. The lowest BCUT2D eigenvalue weighted by Gasteiger charge is -2.23. The Kier molecular flexibility index (Phi) is 6.06. The van der Waals surface area contributed by atoms with Gasteiger partial charge < -0.3 is 15.4 Å². The number of hydrogen-bond donors (Lipinski definition) is 1. The van der Waals surface area contributed by atoms with Crippen molar-refractivity contribution in [2.75, 3.05) is 12.3 Å². The summed E-state index contributed by atoms with van der Waals surface area (Å²) in [7, 11) is 1.71. The Balaban J connectivity index is 1.45. The van der Waals surface area contributed by atoms with Crippen LogP contribution in [0, 0.1) is 11.7 Å². The van der Waals surface area contributed by atoms with Crippen molar-refractivity contribution >= 4 is 33.5 Å². The Hall–Kier alpha value is -4.03. The summed E-state index contributed by atoms with van der Waals surface area (Å²) in [5.74, 6) is -1.25. The Morgan fingerprint density at radius 3 is 2.67 bits per heavy atom. The summed E-state index contributed by atoms with van der Waals surface area (Å²) in [5.41, 5.74) is 7.04. The number of hydrogen-bond acceptors (Lipinski definition) is 7. The quantitative estimate of drug-likeness (QED) is 0.366. The molecule has 4 aromatic rings. The second-order valence-electron chi connectivity index (χ2n) is 8.67. The van der Waals surface area contributed by atoms with E-state index in [4.69, 9.17) is 5.73 Å². The van der Waals surface area contributed by atoms with Crippen LogP contribution in [0.5, 0.6) is 5.88 Å².